The molecule has 0 radical (unpaired) electrons. The molecule has 0 bridgehead atoms. The van der Waals surface area contributed by atoms with E-state index >= 15 is 0 Å². The second kappa shape index (κ2) is 8.74. The molecule has 1 aromatic carbocycles. The van der Waals surface area contributed by atoms with Crippen molar-refractivity contribution in [2.45, 2.75) is 24.3 Å². The van der Waals surface area contributed by atoms with Crippen LogP contribution in [0.5, 0.6) is 0 Å². The zero-order valence-electron chi connectivity index (χ0n) is 13.1. The number of methoxy groups -OCH3 is 1. The minimum Gasteiger partial charge on any atom is -0.469 e. The minimum atomic E-state index is -0.340. The lowest BCUT2D eigenvalue weighted by molar-refractivity contribution is -0.141. The number of amides is 1. The molecule has 1 atom stereocenters. The molecule has 0 spiro atoms. The van der Waals surface area contributed by atoms with Crippen LogP contribution in [0.15, 0.2) is 46.7 Å². The number of thiophene rings is 1. The normalized spacial score (nSPS) is 11.7. The SMILES string of the molecule is COC(=O)CC(NC(=O)CSc1ccccc1C)c1cccs1. The summed E-state index contributed by atoms with van der Waals surface area (Å²) < 4.78 is 4.71. The number of hydrogen-bond donors (Lipinski definition) is 1. The van der Waals surface area contributed by atoms with E-state index < -0.39 is 0 Å². The van der Waals surface area contributed by atoms with Gasteiger partial charge < -0.3 is 10.1 Å². The maximum Gasteiger partial charge on any atom is 0.307 e. The largest absolute Gasteiger partial charge is 0.469 e. The van der Waals surface area contributed by atoms with Crippen LogP contribution in [0.3, 0.4) is 0 Å². The van der Waals surface area contributed by atoms with Crippen molar-refractivity contribution in [1.82, 2.24) is 5.32 Å². The summed E-state index contributed by atoms with van der Waals surface area (Å²) in [6.45, 7) is 2.02. The first-order chi connectivity index (χ1) is 11.1. The molecule has 0 saturated carbocycles. The number of benzene rings is 1. The number of carbonyl (C=O) groups is 2. The third-order valence-electron chi connectivity index (χ3n) is 3.27. The van der Waals surface area contributed by atoms with Gasteiger partial charge in [-0.15, -0.1) is 23.1 Å². The molecule has 1 unspecified atom stereocenters. The van der Waals surface area contributed by atoms with Crippen LogP contribution in [0.1, 0.15) is 22.9 Å². The van der Waals surface area contributed by atoms with Crippen LogP contribution in [0.25, 0.3) is 0 Å². The van der Waals surface area contributed by atoms with E-state index in [0.717, 1.165) is 15.3 Å². The predicted octanol–water partition coefficient (Wildman–Crippen LogP) is 3.57. The fourth-order valence-electron chi connectivity index (χ4n) is 2.06. The minimum absolute atomic E-state index is 0.0967. The Kier molecular flexibility index (Phi) is 6.67. The third kappa shape index (κ3) is 5.41. The number of esters is 1. The molecule has 0 aliphatic heterocycles. The third-order valence-corrected chi connectivity index (χ3v) is 5.43. The van der Waals surface area contributed by atoms with Crippen molar-refractivity contribution in [3.63, 3.8) is 0 Å². The molecule has 122 valence electrons. The van der Waals surface area contributed by atoms with Crippen molar-refractivity contribution in [2.24, 2.45) is 0 Å². The molecule has 0 fully saturated rings. The number of rotatable bonds is 7. The van der Waals surface area contributed by atoms with Crippen LogP contribution < -0.4 is 5.32 Å². The van der Waals surface area contributed by atoms with Gasteiger partial charge in [-0.1, -0.05) is 24.3 Å². The molecule has 1 N–H and O–H groups in total. The molecule has 0 saturated heterocycles. The lowest BCUT2D eigenvalue weighted by Gasteiger charge is -2.16. The highest BCUT2D eigenvalue weighted by Gasteiger charge is 2.19. The van der Waals surface area contributed by atoms with Crippen LogP contribution in [0.4, 0.5) is 0 Å². The molecule has 0 aliphatic rings. The fourth-order valence-corrected chi connectivity index (χ4v) is 3.68. The van der Waals surface area contributed by atoms with E-state index in [9.17, 15) is 9.59 Å². The summed E-state index contributed by atoms with van der Waals surface area (Å²) in [7, 11) is 1.35. The summed E-state index contributed by atoms with van der Waals surface area (Å²) in [6.07, 6.45) is 0.137. The van der Waals surface area contributed by atoms with E-state index in [1.807, 2.05) is 48.7 Å². The van der Waals surface area contributed by atoms with E-state index in [2.05, 4.69) is 5.32 Å². The van der Waals surface area contributed by atoms with Gasteiger partial charge in [-0.2, -0.15) is 0 Å². The molecule has 4 nitrogen and oxygen atoms in total. The number of ether oxygens (including phenoxy) is 1. The second-order valence-corrected chi connectivity index (χ2v) is 6.97. The van der Waals surface area contributed by atoms with E-state index in [1.54, 1.807) is 0 Å². The van der Waals surface area contributed by atoms with Crippen molar-refractivity contribution in [2.75, 3.05) is 12.9 Å². The smallest absolute Gasteiger partial charge is 0.307 e. The highest BCUT2D eigenvalue weighted by atomic mass is 32.2. The van der Waals surface area contributed by atoms with E-state index in [1.165, 1.54) is 30.2 Å². The fraction of sp³-hybridized carbons (Fsp3) is 0.294. The standard InChI is InChI=1S/C17H19NO3S2/c1-12-6-3-4-7-14(12)23-11-16(19)18-13(10-17(20)21-2)15-8-5-9-22-15/h3-9,13H,10-11H2,1-2H3,(H,18,19). The summed E-state index contributed by atoms with van der Waals surface area (Å²) in [5, 5.41) is 4.85. The number of hydrogen-bond acceptors (Lipinski definition) is 5. The Labute approximate surface area is 144 Å². The van der Waals surface area contributed by atoms with E-state index in [4.69, 9.17) is 4.74 Å². The van der Waals surface area contributed by atoms with Gasteiger partial charge in [0.1, 0.15) is 0 Å². The first-order valence-corrected chi connectivity index (χ1v) is 9.04. The van der Waals surface area contributed by atoms with Gasteiger partial charge in [-0.3, -0.25) is 9.59 Å². The number of carbonyl (C=O) groups excluding carboxylic acids is 2. The molecule has 6 heteroatoms. The van der Waals surface area contributed by atoms with E-state index in [0.29, 0.717) is 5.75 Å². The molecule has 2 rings (SSSR count). The maximum atomic E-state index is 12.2. The average molecular weight is 349 g/mol. The van der Waals surface area contributed by atoms with Crippen LogP contribution in [0, 0.1) is 6.92 Å². The Morgan fingerprint density at radius 2 is 2.04 bits per heavy atom. The second-order valence-electron chi connectivity index (χ2n) is 4.97. The van der Waals surface area contributed by atoms with Gasteiger partial charge in [0, 0.05) is 9.77 Å². The molecule has 1 aromatic heterocycles. The lowest BCUT2D eigenvalue weighted by atomic mass is 10.1. The average Bonchev–Trinajstić information content (AvgIpc) is 3.07. The van der Waals surface area contributed by atoms with Crippen molar-refractivity contribution in [3.8, 4) is 0 Å². The molecular weight excluding hydrogens is 330 g/mol. The Morgan fingerprint density at radius 1 is 1.26 bits per heavy atom. The van der Waals surface area contributed by atoms with Crippen LogP contribution in [0.2, 0.25) is 0 Å². The monoisotopic (exact) mass is 349 g/mol. The van der Waals surface area contributed by atoms with Gasteiger partial charge in [0.05, 0.1) is 25.3 Å². The lowest BCUT2D eigenvalue weighted by Crippen LogP contribution is -2.31. The predicted molar refractivity (Wildman–Crippen MR) is 93.7 cm³/mol. The molecule has 2 aromatic rings. The van der Waals surface area contributed by atoms with Crippen LogP contribution in [-0.4, -0.2) is 24.7 Å². The highest BCUT2D eigenvalue weighted by molar-refractivity contribution is 8.00. The van der Waals surface area contributed by atoms with Crippen molar-refractivity contribution in [1.29, 1.82) is 0 Å². The van der Waals surface area contributed by atoms with Gasteiger partial charge in [0.2, 0.25) is 5.91 Å². The van der Waals surface area contributed by atoms with Gasteiger partial charge >= 0.3 is 5.97 Å². The van der Waals surface area contributed by atoms with Crippen LogP contribution in [-0.2, 0) is 14.3 Å². The molecule has 0 aliphatic carbocycles. The first kappa shape index (κ1) is 17.6. The summed E-state index contributed by atoms with van der Waals surface area (Å²) >= 11 is 3.01. The maximum absolute atomic E-state index is 12.2. The molecule has 1 heterocycles. The Morgan fingerprint density at radius 3 is 2.70 bits per heavy atom. The molecule has 23 heavy (non-hydrogen) atoms. The molecular formula is C17H19NO3S2. The van der Waals surface area contributed by atoms with Crippen molar-refractivity contribution < 1.29 is 14.3 Å². The first-order valence-electron chi connectivity index (χ1n) is 7.18. The molecule has 1 amide bonds. The van der Waals surface area contributed by atoms with Gasteiger partial charge in [-0.25, -0.2) is 0 Å². The Bertz CT molecular complexity index is 656. The van der Waals surface area contributed by atoms with Crippen molar-refractivity contribution >= 4 is 35.0 Å². The number of aryl methyl sites for hydroxylation is 1. The number of thioether (sulfide) groups is 1. The van der Waals surface area contributed by atoms with Crippen molar-refractivity contribution in [3.05, 3.63) is 52.2 Å². The van der Waals surface area contributed by atoms with E-state index in [-0.39, 0.29) is 24.3 Å². The Balaban J connectivity index is 1.95. The zero-order chi connectivity index (χ0) is 16.7. The Hall–Kier alpha value is -1.79. The summed E-state index contributed by atoms with van der Waals surface area (Å²) in [4.78, 5) is 25.8. The zero-order valence-corrected chi connectivity index (χ0v) is 14.7. The highest BCUT2D eigenvalue weighted by Crippen LogP contribution is 2.24. The summed E-state index contributed by atoms with van der Waals surface area (Å²) in [5.41, 5.74) is 1.15. The summed E-state index contributed by atoms with van der Waals surface area (Å²) in [6, 6.07) is 11.4. The quantitative estimate of drug-likeness (QED) is 0.613. The number of nitrogens with one attached hydrogen (secondary N) is 1. The summed E-state index contributed by atoms with van der Waals surface area (Å²) in [5.74, 6) is -0.121. The van der Waals surface area contributed by atoms with Crippen LogP contribution >= 0.6 is 23.1 Å². The topological polar surface area (TPSA) is 55.4 Å². The van der Waals surface area contributed by atoms with Gasteiger partial charge in [0.25, 0.3) is 0 Å². The van der Waals surface area contributed by atoms with Gasteiger partial charge in [-0.05, 0) is 30.0 Å². The van der Waals surface area contributed by atoms with Gasteiger partial charge in [0.15, 0.2) is 0 Å².